The van der Waals surface area contributed by atoms with Crippen molar-refractivity contribution >= 4 is 17.9 Å². The highest BCUT2D eigenvalue weighted by Crippen LogP contribution is 2.39. The van der Waals surface area contributed by atoms with E-state index in [1.165, 1.54) is 0 Å². The second kappa shape index (κ2) is 14.4. The summed E-state index contributed by atoms with van der Waals surface area (Å²) in [5.41, 5.74) is 0. The molecule has 0 aromatic rings. The molecule has 0 heterocycles. The predicted molar refractivity (Wildman–Crippen MR) is 112 cm³/mol. The number of carboxylic acid groups (broad SMARTS) is 2. The fourth-order valence-electron chi connectivity index (χ4n) is 4.57. The first-order valence-electron chi connectivity index (χ1n) is 11.4. The van der Waals surface area contributed by atoms with Crippen molar-refractivity contribution in [3.05, 3.63) is 0 Å². The number of carbonyl (C=O) groups excluding carboxylic acids is 1. The third-order valence-electron chi connectivity index (χ3n) is 6.31. The van der Waals surface area contributed by atoms with Crippen LogP contribution >= 0.6 is 0 Å². The molecule has 1 fully saturated rings. The van der Waals surface area contributed by atoms with Crippen LogP contribution in [0.5, 0.6) is 0 Å². The normalized spacial score (nSPS) is 22.8. The van der Waals surface area contributed by atoms with Gasteiger partial charge in [0.2, 0.25) is 0 Å². The number of aliphatic carboxylic acids is 2. The average molecular weight is 413 g/mol. The van der Waals surface area contributed by atoms with E-state index < -0.39 is 11.9 Å². The first-order valence-corrected chi connectivity index (χ1v) is 11.4. The van der Waals surface area contributed by atoms with E-state index in [1.54, 1.807) is 0 Å². The number of ether oxygens (including phenoxy) is 1. The van der Waals surface area contributed by atoms with Crippen LogP contribution in [0.2, 0.25) is 0 Å². The second-order valence-electron chi connectivity index (χ2n) is 8.81. The molecule has 29 heavy (non-hydrogen) atoms. The molecule has 0 aliphatic heterocycles. The molecule has 0 aromatic carbocycles. The van der Waals surface area contributed by atoms with Gasteiger partial charge >= 0.3 is 17.9 Å². The molecule has 0 saturated heterocycles. The summed E-state index contributed by atoms with van der Waals surface area (Å²) >= 11 is 0. The molecule has 6 nitrogen and oxygen atoms in total. The molecule has 0 spiro atoms. The molecule has 3 atom stereocenters. The van der Waals surface area contributed by atoms with Gasteiger partial charge in [-0.25, -0.2) is 0 Å². The first-order chi connectivity index (χ1) is 13.8. The standard InChI is InChI=1S/C23H40O6/c1-3-5-6-17(4-2)16-29-23(28)12-9-20-14-18(7-10-21(24)25)13-19(15-20)8-11-22(26)27/h17-20H,3-16H2,1-2H3,(H,24,25)(H,26,27). The molecule has 6 heteroatoms. The van der Waals surface area contributed by atoms with Crippen molar-refractivity contribution in [2.45, 2.75) is 97.3 Å². The maximum absolute atomic E-state index is 12.2. The third-order valence-corrected chi connectivity index (χ3v) is 6.31. The Hall–Kier alpha value is -1.59. The quantitative estimate of drug-likeness (QED) is 0.355. The van der Waals surface area contributed by atoms with Gasteiger partial charge in [0.1, 0.15) is 0 Å². The molecule has 1 aliphatic carbocycles. The van der Waals surface area contributed by atoms with Gasteiger partial charge in [0, 0.05) is 19.3 Å². The lowest BCUT2D eigenvalue weighted by Crippen LogP contribution is -2.25. The number of carboxylic acids is 2. The summed E-state index contributed by atoms with van der Waals surface area (Å²) in [5, 5.41) is 17.9. The van der Waals surface area contributed by atoms with Gasteiger partial charge in [0.05, 0.1) is 6.61 Å². The summed E-state index contributed by atoms with van der Waals surface area (Å²) in [6, 6.07) is 0. The summed E-state index contributed by atoms with van der Waals surface area (Å²) in [6.07, 6.45) is 9.91. The summed E-state index contributed by atoms with van der Waals surface area (Å²) < 4.78 is 5.50. The minimum atomic E-state index is -0.786. The fraction of sp³-hybridized carbons (Fsp3) is 0.870. The van der Waals surface area contributed by atoms with Gasteiger partial charge < -0.3 is 14.9 Å². The van der Waals surface area contributed by atoms with Gasteiger partial charge in [0.15, 0.2) is 0 Å². The lowest BCUT2D eigenvalue weighted by Gasteiger charge is -2.35. The molecule has 1 saturated carbocycles. The van der Waals surface area contributed by atoms with Gasteiger partial charge in [0.25, 0.3) is 0 Å². The van der Waals surface area contributed by atoms with Gasteiger partial charge in [-0.1, -0.05) is 33.1 Å². The largest absolute Gasteiger partial charge is 0.481 e. The molecule has 0 aromatic heterocycles. The Morgan fingerprint density at radius 1 is 0.862 bits per heavy atom. The molecule has 168 valence electrons. The van der Waals surface area contributed by atoms with Gasteiger partial charge in [-0.2, -0.15) is 0 Å². The molecular formula is C23H40O6. The topological polar surface area (TPSA) is 101 Å². The van der Waals surface area contributed by atoms with Crippen LogP contribution in [0.25, 0.3) is 0 Å². The summed E-state index contributed by atoms with van der Waals surface area (Å²) in [6.45, 7) is 4.80. The van der Waals surface area contributed by atoms with Crippen molar-refractivity contribution in [3.63, 3.8) is 0 Å². The maximum atomic E-state index is 12.2. The number of rotatable bonds is 15. The van der Waals surface area contributed by atoms with E-state index in [2.05, 4.69) is 13.8 Å². The van der Waals surface area contributed by atoms with Crippen molar-refractivity contribution in [3.8, 4) is 0 Å². The Labute approximate surface area is 175 Å². The Morgan fingerprint density at radius 2 is 1.34 bits per heavy atom. The van der Waals surface area contributed by atoms with Crippen molar-refractivity contribution < 1.29 is 29.3 Å². The Kier molecular flexibility index (Phi) is 12.6. The lowest BCUT2D eigenvalue weighted by atomic mass is 9.71. The summed E-state index contributed by atoms with van der Waals surface area (Å²) in [4.78, 5) is 34.0. The van der Waals surface area contributed by atoms with Crippen LogP contribution in [0.4, 0.5) is 0 Å². The number of esters is 1. The number of carbonyl (C=O) groups is 3. The van der Waals surface area contributed by atoms with Crippen LogP contribution in [0, 0.1) is 23.7 Å². The van der Waals surface area contributed by atoms with E-state index in [9.17, 15) is 14.4 Å². The van der Waals surface area contributed by atoms with Gasteiger partial charge in [-0.05, 0) is 68.6 Å². The summed E-state index contributed by atoms with van der Waals surface area (Å²) in [5.74, 6) is -0.325. The Balaban J connectivity index is 2.45. The Bertz CT molecular complexity index is 478. The van der Waals surface area contributed by atoms with Crippen molar-refractivity contribution in [1.82, 2.24) is 0 Å². The highest BCUT2D eigenvalue weighted by atomic mass is 16.5. The fourth-order valence-corrected chi connectivity index (χ4v) is 4.57. The van der Waals surface area contributed by atoms with Crippen LogP contribution in [-0.4, -0.2) is 34.7 Å². The zero-order valence-electron chi connectivity index (χ0n) is 18.2. The van der Waals surface area contributed by atoms with E-state index >= 15 is 0 Å². The SMILES string of the molecule is CCCCC(CC)COC(=O)CCC1CC(CCC(=O)O)CC(CCC(=O)O)C1. The van der Waals surface area contributed by atoms with Crippen LogP contribution in [0.1, 0.15) is 97.3 Å². The first kappa shape index (κ1) is 25.4. The van der Waals surface area contributed by atoms with E-state index in [0.29, 0.717) is 49.5 Å². The smallest absolute Gasteiger partial charge is 0.305 e. The average Bonchev–Trinajstić information content (AvgIpc) is 2.69. The number of hydrogen-bond acceptors (Lipinski definition) is 4. The van der Waals surface area contributed by atoms with Gasteiger partial charge in [-0.15, -0.1) is 0 Å². The highest BCUT2D eigenvalue weighted by molar-refractivity contribution is 5.69. The monoisotopic (exact) mass is 412 g/mol. The molecule has 0 bridgehead atoms. The van der Waals surface area contributed by atoms with Crippen LogP contribution in [-0.2, 0) is 19.1 Å². The molecule has 1 rings (SSSR count). The van der Waals surface area contributed by atoms with Crippen molar-refractivity contribution in [1.29, 1.82) is 0 Å². The number of unbranched alkanes of at least 4 members (excludes halogenated alkanes) is 1. The van der Waals surface area contributed by atoms with Crippen molar-refractivity contribution in [2.75, 3.05) is 6.61 Å². The second-order valence-corrected chi connectivity index (χ2v) is 8.81. The minimum Gasteiger partial charge on any atom is -0.481 e. The minimum absolute atomic E-state index is 0.144. The maximum Gasteiger partial charge on any atom is 0.305 e. The van der Waals surface area contributed by atoms with Crippen molar-refractivity contribution in [2.24, 2.45) is 23.7 Å². The van der Waals surface area contributed by atoms with E-state index in [4.69, 9.17) is 14.9 Å². The highest BCUT2D eigenvalue weighted by Gasteiger charge is 2.29. The zero-order valence-corrected chi connectivity index (χ0v) is 18.2. The molecule has 0 amide bonds. The lowest BCUT2D eigenvalue weighted by molar-refractivity contribution is -0.145. The Morgan fingerprint density at radius 3 is 1.76 bits per heavy atom. The molecule has 1 aliphatic rings. The van der Waals surface area contributed by atoms with Crippen LogP contribution in [0.3, 0.4) is 0 Å². The predicted octanol–water partition coefficient (Wildman–Crippen LogP) is 5.29. The molecule has 3 unspecified atom stereocenters. The van der Waals surface area contributed by atoms with E-state index in [0.717, 1.165) is 51.4 Å². The van der Waals surface area contributed by atoms with E-state index in [1.807, 2.05) is 0 Å². The zero-order chi connectivity index (χ0) is 21.6. The summed E-state index contributed by atoms with van der Waals surface area (Å²) in [7, 11) is 0. The third kappa shape index (κ3) is 11.9. The molecule has 0 radical (unpaired) electrons. The van der Waals surface area contributed by atoms with Gasteiger partial charge in [-0.3, -0.25) is 14.4 Å². The number of hydrogen-bond donors (Lipinski definition) is 2. The van der Waals surface area contributed by atoms with Crippen LogP contribution < -0.4 is 0 Å². The molecular weight excluding hydrogens is 372 g/mol. The van der Waals surface area contributed by atoms with Crippen LogP contribution in [0.15, 0.2) is 0 Å². The molecule has 2 N–H and O–H groups in total. The van der Waals surface area contributed by atoms with E-state index in [-0.39, 0.29) is 18.8 Å².